The maximum Gasteiger partial charge on any atom is 0.232 e. The zero-order valence-electron chi connectivity index (χ0n) is 12.1. The highest BCUT2D eigenvalue weighted by Gasteiger charge is 2.07. The average molecular weight is 344 g/mol. The molecule has 0 fully saturated rings. The number of anilines is 3. The van der Waals surface area contributed by atoms with Crippen LogP contribution in [-0.2, 0) is 5.75 Å². The molecule has 0 aliphatic rings. The van der Waals surface area contributed by atoms with Crippen LogP contribution in [0.15, 0.2) is 59.5 Å². The van der Waals surface area contributed by atoms with E-state index >= 15 is 0 Å². The fourth-order valence-corrected chi connectivity index (χ4v) is 3.01. The molecule has 1 heterocycles. The van der Waals surface area contributed by atoms with Gasteiger partial charge in [0.25, 0.3) is 0 Å². The molecule has 2 aromatic carbocycles. The second-order valence-corrected chi connectivity index (χ2v) is 6.07. The first-order valence-electron chi connectivity index (χ1n) is 6.90. The molecule has 0 atom stereocenters. The quantitative estimate of drug-likeness (QED) is 0.678. The van der Waals surface area contributed by atoms with Gasteiger partial charge in [-0.05, 0) is 24.3 Å². The maximum atomic E-state index is 6.15. The van der Waals surface area contributed by atoms with Crippen LogP contribution in [0.1, 0.15) is 5.82 Å². The van der Waals surface area contributed by atoms with Crippen LogP contribution < -0.4 is 11.1 Å². The molecule has 5 nitrogen and oxygen atoms in total. The fraction of sp³-hybridized carbons (Fsp3) is 0.0625. The Morgan fingerprint density at radius 3 is 2.48 bits per heavy atom. The van der Waals surface area contributed by atoms with Gasteiger partial charge in [0, 0.05) is 10.6 Å². The lowest BCUT2D eigenvalue weighted by Gasteiger charge is -2.07. The number of hydrogen-bond donors (Lipinski definition) is 2. The molecule has 0 amide bonds. The van der Waals surface area contributed by atoms with E-state index in [1.165, 1.54) is 0 Å². The molecular weight excluding hydrogens is 330 g/mol. The number of rotatable bonds is 5. The highest BCUT2D eigenvalue weighted by Crippen LogP contribution is 2.28. The Hall–Kier alpha value is -2.31. The van der Waals surface area contributed by atoms with Crippen molar-refractivity contribution in [3.05, 3.63) is 65.4 Å². The van der Waals surface area contributed by atoms with Crippen molar-refractivity contribution in [1.29, 1.82) is 0 Å². The van der Waals surface area contributed by atoms with E-state index in [0.717, 1.165) is 10.6 Å². The summed E-state index contributed by atoms with van der Waals surface area (Å²) in [4.78, 5) is 13.7. The van der Waals surface area contributed by atoms with Crippen LogP contribution in [0.2, 0.25) is 5.02 Å². The minimum absolute atomic E-state index is 0.188. The second kappa shape index (κ2) is 7.30. The number of benzene rings is 2. The van der Waals surface area contributed by atoms with E-state index < -0.39 is 0 Å². The molecule has 3 aromatic rings. The number of nitrogens with two attached hydrogens (primary N) is 1. The van der Waals surface area contributed by atoms with Crippen LogP contribution >= 0.6 is 23.4 Å². The van der Waals surface area contributed by atoms with Crippen molar-refractivity contribution in [2.45, 2.75) is 10.6 Å². The van der Waals surface area contributed by atoms with Crippen molar-refractivity contribution in [2.24, 2.45) is 0 Å². The van der Waals surface area contributed by atoms with Crippen molar-refractivity contribution in [3.63, 3.8) is 0 Å². The summed E-state index contributed by atoms with van der Waals surface area (Å²) >= 11 is 7.71. The largest absolute Gasteiger partial charge is 0.368 e. The van der Waals surface area contributed by atoms with Crippen LogP contribution in [0.4, 0.5) is 17.6 Å². The van der Waals surface area contributed by atoms with Gasteiger partial charge in [0.15, 0.2) is 0 Å². The number of halogens is 1. The van der Waals surface area contributed by atoms with Gasteiger partial charge in [0.05, 0.1) is 10.8 Å². The summed E-state index contributed by atoms with van der Waals surface area (Å²) in [5.74, 6) is 1.77. The van der Waals surface area contributed by atoms with Gasteiger partial charge < -0.3 is 11.1 Å². The van der Waals surface area contributed by atoms with Gasteiger partial charge in [0.1, 0.15) is 5.82 Å². The van der Waals surface area contributed by atoms with Crippen molar-refractivity contribution in [1.82, 2.24) is 15.0 Å². The first kappa shape index (κ1) is 15.6. The van der Waals surface area contributed by atoms with Gasteiger partial charge >= 0.3 is 0 Å². The molecule has 0 saturated carbocycles. The Morgan fingerprint density at radius 2 is 1.70 bits per heavy atom. The normalized spacial score (nSPS) is 10.5. The molecule has 0 unspecified atom stereocenters. The molecule has 116 valence electrons. The minimum atomic E-state index is 0.188. The van der Waals surface area contributed by atoms with Crippen molar-refractivity contribution < 1.29 is 0 Å². The maximum absolute atomic E-state index is 6.15. The summed E-state index contributed by atoms with van der Waals surface area (Å²) in [7, 11) is 0. The number of aromatic nitrogens is 3. The fourth-order valence-electron chi connectivity index (χ4n) is 1.91. The van der Waals surface area contributed by atoms with Gasteiger partial charge in [-0.25, -0.2) is 0 Å². The molecule has 1 aromatic heterocycles. The van der Waals surface area contributed by atoms with Gasteiger partial charge in [-0.1, -0.05) is 41.9 Å². The Bertz CT molecular complexity index is 797. The standard InChI is InChI=1S/C16H14ClN5S/c17-12-8-4-5-9-13(12)23-10-14-20-15(18)22-16(21-14)19-11-6-2-1-3-7-11/h1-9H,10H2,(H3,18,19,20,21,22). The van der Waals surface area contributed by atoms with Crippen molar-refractivity contribution in [2.75, 3.05) is 11.1 Å². The van der Waals surface area contributed by atoms with Crippen molar-refractivity contribution >= 4 is 40.9 Å². The average Bonchev–Trinajstić information content (AvgIpc) is 2.54. The molecule has 3 rings (SSSR count). The third-order valence-electron chi connectivity index (χ3n) is 2.92. The summed E-state index contributed by atoms with van der Waals surface area (Å²) in [6.45, 7) is 0. The predicted molar refractivity (Wildman–Crippen MR) is 95.0 cm³/mol. The molecule has 3 N–H and O–H groups in total. The third kappa shape index (κ3) is 4.34. The topological polar surface area (TPSA) is 76.7 Å². The van der Waals surface area contributed by atoms with Gasteiger partial charge in [0.2, 0.25) is 11.9 Å². The number of nitrogens with zero attached hydrogens (tertiary/aromatic N) is 3. The lowest BCUT2D eigenvalue weighted by Crippen LogP contribution is -2.06. The molecule has 0 aliphatic heterocycles. The molecule has 0 radical (unpaired) electrons. The van der Waals surface area contributed by atoms with Crippen LogP contribution in [0.3, 0.4) is 0 Å². The minimum Gasteiger partial charge on any atom is -0.368 e. The van der Waals surface area contributed by atoms with E-state index in [1.54, 1.807) is 11.8 Å². The molecule has 7 heteroatoms. The number of para-hydroxylation sites is 1. The summed E-state index contributed by atoms with van der Waals surface area (Å²) in [6.07, 6.45) is 0. The zero-order chi connectivity index (χ0) is 16.1. The van der Waals surface area contributed by atoms with Crippen LogP contribution in [-0.4, -0.2) is 15.0 Å². The number of nitrogen functional groups attached to an aromatic ring is 1. The summed E-state index contributed by atoms with van der Waals surface area (Å²) in [6, 6.07) is 17.3. The van der Waals surface area contributed by atoms with E-state index in [4.69, 9.17) is 17.3 Å². The van der Waals surface area contributed by atoms with E-state index in [2.05, 4.69) is 20.3 Å². The molecule has 0 spiro atoms. The molecule has 0 saturated heterocycles. The summed E-state index contributed by atoms with van der Waals surface area (Å²) in [5.41, 5.74) is 6.67. The Labute approximate surface area is 143 Å². The van der Waals surface area contributed by atoms with Gasteiger partial charge in [-0.3, -0.25) is 0 Å². The Morgan fingerprint density at radius 1 is 0.957 bits per heavy atom. The van der Waals surface area contributed by atoms with E-state index in [0.29, 0.717) is 22.5 Å². The summed E-state index contributed by atoms with van der Waals surface area (Å²) < 4.78 is 0. The highest BCUT2D eigenvalue weighted by molar-refractivity contribution is 7.98. The smallest absolute Gasteiger partial charge is 0.232 e. The molecular formula is C16H14ClN5S. The number of hydrogen-bond acceptors (Lipinski definition) is 6. The first-order valence-corrected chi connectivity index (χ1v) is 8.27. The van der Waals surface area contributed by atoms with E-state index in [1.807, 2.05) is 54.6 Å². The lowest BCUT2D eigenvalue weighted by molar-refractivity contribution is 0.982. The van der Waals surface area contributed by atoms with Gasteiger partial charge in [-0.15, -0.1) is 11.8 Å². The summed E-state index contributed by atoms with van der Waals surface area (Å²) in [5, 5.41) is 3.83. The highest BCUT2D eigenvalue weighted by atomic mass is 35.5. The monoisotopic (exact) mass is 343 g/mol. The number of nitrogens with one attached hydrogen (secondary N) is 1. The molecule has 23 heavy (non-hydrogen) atoms. The Balaban J connectivity index is 1.74. The van der Waals surface area contributed by atoms with E-state index in [-0.39, 0.29) is 5.95 Å². The van der Waals surface area contributed by atoms with Crippen molar-refractivity contribution in [3.8, 4) is 0 Å². The SMILES string of the molecule is Nc1nc(CSc2ccccc2Cl)nc(Nc2ccccc2)n1. The van der Waals surface area contributed by atoms with Gasteiger partial charge in [-0.2, -0.15) is 15.0 Å². The second-order valence-electron chi connectivity index (χ2n) is 4.64. The Kier molecular flexibility index (Phi) is 4.95. The molecule has 0 aliphatic carbocycles. The third-order valence-corrected chi connectivity index (χ3v) is 4.43. The number of thioether (sulfide) groups is 1. The predicted octanol–water partition coefficient (Wildman–Crippen LogP) is 4.14. The molecule has 0 bridgehead atoms. The van der Waals surface area contributed by atoms with E-state index in [9.17, 15) is 0 Å². The lowest BCUT2D eigenvalue weighted by atomic mass is 10.3. The van der Waals surface area contributed by atoms with Crippen LogP contribution in [0.5, 0.6) is 0 Å². The zero-order valence-corrected chi connectivity index (χ0v) is 13.7. The van der Waals surface area contributed by atoms with Crippen LogP contribution in [0.25, 0.3) is 0 Å². The van der Waals surface area contributed by atoms with Crippen LogP contribution in [0, 0.1) is 0 Å². The first-order chi connectivity index (χ1) is 11.2.